The standard InChI is InChI=1S/C12H15F3N2O2/c1-19-7-8(6-16)17-11(18)9-4-2-3-5-10(9)12(13,14)15/h2-5,8H,6-7,16H2,1H3,(H,17,18). The number of amides is 1. The zero-order chi connectivity index (χ0) is 14.5. The van der Waals surface area contributed by atoms with Gasteiger partial charge in [0, 0.05) is 13.7 Å². The first-order valence-corrected chi connectivity index (χ1v) is 5.56. The molecule has 1 rings (SSSR count). The van der Waals surface area contributed by atoms with E-state index in [-0.39, 0.29) is 13.2 Å². The molecule has 0 aromatic heterocycles. The van der Waals surface area contributed by atoms with Crippen LogP contribution in [0.2, 0.25) is 0 Å². The first-order valence-electron chi connectivity index (χ1n) is 5.56. The summed E-state index contributed by atoms with van der Waals surface area (Å²) in [6, 6.07) is 4.06. The van der Waals surface area contributed by atoms with Crippen LogP contribution in [-0.4, -0.2) is 32.2 Å². The largest absolute Gasteiger partial charge is 0.417 e. The molecule has 1 amide bonds. The Morgan fingerprint density at radius 1 is 1.42 bits per heavy atom. The van der Waals surface area contributed by atoms with Crippen molar-refractivity contribution in [1.82, 2.24) is 5.32 Å². The van der Waals surface area contributed by atoms with E-state index in [2.05, 4.69) is 5.32 Å². The van der Waals surface area contributed by atoms with Crippen molar-refractivity contribution in [3.8, 4) is 0 Å². The Morgan fingerprint density at radius 3 is 2.58 bits per heavy atom. The van der Waals surface area contributed by atoms with Crippen LogP contribution in [0.25, 0.3) is 0 Å². The molecule has 0 aliphatic rings. The summed E-state index contributed by atoms with van der Waals surface area (Å²) < 4.78 is 43.1. The van der Waals surface area contributed by atoms with E-state index in [9.17, 15) is 18.0 Å². The Bertz CT molecular complexity index is 435. The van der Waals surface area contributed by atoms with Crippen LogP contribution in [0.3, 0.4) is 0 Å². The summed E-state index contributed by atoms with van der Waals surface area (Å²) in [5.41, 5.74) is 3.99. The van der Waals surface area contributed by atoms with Crippen LogP contribution in [0.15, 0.2) is 24.3 Å². The van der Waals surface area contributed by atoms with E-state index in [1.54, 1.807) is 0 Å². The highest BCUT2D eigenvalue weighted by atomic mass is 19.4. The highest BCUT2D eigenvalue weighted by molar-refractivity contribution is 5.96. The molecule has 19 heavy (non-hydrogen) atoms. The van der Waals surface area contributed by atoms with Gasteiger partial charge in [0.1, 0.15) is 0 Å². The van der Waals surface area contributed by atoms with Gasteiger partial charge in [-0.15, -0.1) is 0 Å². The van der Waals surface area contributed by atoms with Gasteiger partial charge in [-0.05, 0) is 12.1 Å². The van der Waals surface area contributed by atoms with Crippen molar-refractivity contribution in [2.75, 3.05) is 20.3 Å². The first-order chi connectivity index (χ1) is 8.90. The monoisotopic (exact) mass is 276 g/mol. The fourth-order valence-corrected chi connectivity index (χ4v) is 1.56. The van der Waals surface area contributed by atoms with Gasteiger partial charge < -0.3 is 15.8 Å². The molecule has 7 heteroatoms. The average molecular weight is 276 g/mol. The molecular weight excluding hydrogens is 261 g/mol. The number of halogens is 3. The smallest absolute Gasteiger partial charge is 0.383 e. The predicted octanol–water partition coefficient (Wildman–Crippen LogP) is 1.41. The SMILES string of the molecule is COCC(CN)NC(=O)c1ccccc1C(F)(F)F. The van der Waals surface area contributed by atoms with Gasteiger partial charge >= 0.3 is 6.18 Å². The number of benzene rings is 1. The average Bonchev–Trinajstić information content (AvgIpc) is 2.37. The Morgan fingerprint density at radius 2 is 2.05 bits per heavy atom. The molecule has 3 N–H and O–H groups in total. The quantitative estimate of drug-likeness (QED) is 0.854. The fourth-order valence-electron chi connectivity index (χ4n) is 1.56. The maximum atomic E-state index is 12.7. The van der Waals surface area contributed by atoms with Crippen molar-refractivity contribution in [1.29, 1.82) is 0 Å². The molecular formula is C12H15F3N2O2. The zero-order valence-electron chi connectivity index (χ0n) is 10.3. The molecule has 0 spiro atoms. The van der Waals surface area contributed by atoms with Gasteiger partial charge in [0.15, 0.2) is 0 Å². The Balaban J connectivity index is 2.94. The van der Waals surface area contributed by atoms with Gasteiger partial charge in [-0.1, -0.05) is 12.1 Å². The lowest BCUT2D eigenvalue weighted by Gasteiger charge is -2.18. The molecule has 0 bridgehead atoms. The first kappa shape index (κ1) is 15.5. The van der Waals surface area contributed by atoms with Crippen LogP contribution >= 0.6 is 0 Å². The molecule has 0 heterocycles. The van der Waals surface area contributed by atoms with Crippen LogP contribution in [0.1, 0.15) is 15.9 Å². The lowest BCUT2D eigenvalue weighted by atomic mass is 10.1. The van der Waals surface area contributed by atoms with E-state index in [1.165, 1.54) is 19.2 Å². The number of ether oxygens (including phenoxy) is 1. The maximum absolute atomic E-state index is 12.7. The lowest BCUT2D eigenvalue weighted by molar-refractivity contribution is -0.137. The van der Waals surface area contributed by atoms with Gasteiger partial charge in [-0.25, -0.2) is 0 Å². The van der Waals surface area contributed by atoms with Crippen molar-refractivity contribution in [2.24, 2.45) is 5.73 Å². The van der Waals surface area contributed by atoms with E-state index in [0.29, 0.717) is 0 Å². The summed E-state index contributed by atoms with van der Waals surface area (Å²) in [6.07, 6.45) is -4.58. The zero-order valence-corrected chi connectivity index (χ0v) is 10.3. The van der Waals surface area contributed by atoms with E-state index in [4.69, 9.17) is 10.5 Å². The van der Waals surface area contributed by atoms with Crippen molar-refractivity contribution < 1.29 is 22.7 Å². The number of nitrogens with two attached hydrogens (primary N) is 1. The molecule has 0 saturated carbocycles. The number of carbonyl (C=O) groups excluding carboxylic acids is 1. The molecule has 0 aliphatic heterocycles. The third kappa shape index (κ3) is 4.22. The molecule has 0 fully saturated rings. The molecule has 106 valence electrons. The number of hydrogen-bond donors (Lipinski definition) is 2. The molecule has 4 nitrogen and oxygen atoms in total. The Kier molecular flexibility index (Phi) is 5.31. The number of hydrogen-bond acceptors (Lipinski definition) is 3. The third-order valence-corrected chi connectivity index (χ3v) is 2.46. The van der Waals surface area contributed by atoms with Crippen molar-refractivity contribution in [2.45, 2.75) is 12.2 Å². The number of rotatable bonds is 5. The van der Waals surface area contributed by atoms with E-state index in [1.807, 2.05) is 0 Å². The number of nitrogens with one attached hydrogen (secondary N) is 1. The Labute approximate surface area is 108 Å². The lowest BCUT2D eigenvalue weighted by Crippen LogP contribution is -2.43. The van der Waals surface area contributed by atoms with Crippen LogP contribution in [0.5, 0.6) is 0 Å². The minimum atomic E-state index is -4.58. The molecule has 0 aliphatic carbocycles. The molecule has 0 saturated heterocycles. The van der Waals surface area contributed by atoms with Crippen LogP contribution in [0, 0.1) is 0 Å². The minimum Gasteiger partial charge on any atom is -0.383 e. The second-order valence-corrected chi connectivity index (χ2v) is 3.90. The molecule has 1 atom stereocenters. The Hall–Kier alpha value is -1.60. The molecule has 0 radical (unpaired) electrons. The highest BCUT2D eigenvalue weighted by Gasteiger charge is 2.35. The topological polar surface area (TPSA) is 64.3 Å². The second kappa shape index (κ2) is 6.53. The van der Waals surface area contributed by atoms with Gasteiger partial charge in [0.05, 0.1) is 23.8 Å². The van der Waals surface area contributed by atoms with Crippen LogP contribution in [0.4, 0.5) is 13.2 Å². The van der Waals surface area contributed by atoms with Gasteiger partial charge in [0.25, 0.3) is 5.91 Å². The van der Waals surface area contributed by atoms with Gasteiger partial charge in [-0.2, -0.15) is 13.2 Å². The summed E-state index contributed by atoms with van der Waals surface area (Å²) in [4.78, 5) is 11.8. The summed E-state index contributed by atoms with van der Waals surface area (Å²) >= 11 is 0. The maximum Gasteiger partial charge on any atom is 0.417 e. The predicted molar refractivity (Wildman–Crippen MR) is 63.6 cm³/mol. The summed E-state index contributed by atoms with van der Waals surface area (Å²) in [7, 11) is 1.42. The number of carbonyl (C=O) groups is 1. The number of methoxy groups -OCH3 is 1. The second-order valence-electron chi connectivity index (χ2n) is 3.90. The van der Waals surface area contributed by atoms with Crippen LogP contribution < -0.4 is 11.1 Å². The summed E-state index contributed by atoms with van der Waals surface area (Å²) in [5, 5.41) is 2.41. The molecule has 1 aromatic rings. The summed E-state index contributed by atoms with van der Waals surface area (Å²) in [6.45, 7) is 0.212. The highest BCUT2D eigenvalue weighted by Crippen LogP contribution is 2.31. The molecule has 1 unspecified atom stereocenters. The van der Waals surface area contributed by atoms with E-state index >= 15 is 0 Å². The van der Waals surface area contributed by atoms with E-state index < -0.39 is 29.3 Å². The number of alkyl halides is 3. The third-order valence-electron chi connectivity index (χ3n) is 2.46. The van der Waals surface area contributed by atoms with Crippen LogP contribution in [-0.2, 0) is 10.9 Å². The fraction of sp³-hybridized carbons (Fsp3) is 0.417. The van der Waals surface area contributed by atoms with Gasteiger partial charge in [-0.3, -0.25) is 4.79 Å². The van der Waals surface area contributed by atoms with Crippen molar-refractivity contribution in [3.63, 3.8) is 0 Å². The van der Waals surface area contributed by atoms with E-state index in [0.717, 1.165) is 12.1 Å². The minimum absolute atomic E-state index is 0.0771. The summed E-state index contributed by atoms with van der Waals surface area (Å²) in [5.74, 6) is -0.819. The van der Waals surface area contributed by atoms with Crippen molar-refractivity contribution in [3.05, 3.63) is 35.4 Å². The molecule has 1 aromatic carbocycles. The normalized spacial score (nSPS) is 13.1. The van der Waals surface area contributed by atoms with Crippen molar-refractivity contribution >= 4 is 5.91 Å². The van der Waals surface area contributed by atoms with Gasteiger partial charge in [0.2, 0.25) is 0 Å².